The Hall–Kier alpha value is -0.870. The van der Waals surface area contributed by atoms with Gasteiger partial charge in [0.1, 0.15) is 0 Å². The number of rotatable bonds is 4. The maximum atomic E-state index is 8.73. The second-order valence-corrected chi connectivity index (χ2v) is 3.75. The van der Waals surface area contributed by atoms with Gasteiger partial charge in [-0.1, -0.05) is 0 Å². The molecule has 0 aliphatic rings. The van der Waals surface area contributed by atoms with Crippen molar-refractivity contribution in [1.29, 1.82) is 0 Å². The van der Waals surface area contributed by atoms with E-state index in [1.54, 1.807) is 0 Å². The summed E-state index contributed by atoms with van der Waals surface area (Å²) in [7, 11) is 0. The molecule has 3 N–H and O–H groups in total. The van der Waals surface area contributed by atoms with Gasteiger partial charge in [-0.15, -0.1) is 0 Å². The van der Waals surface area contributed by atoms with Crippen molar-refractivity contribution < 1.29 is 5.11 Å². The fourth-order valence-electron chi connectivity index (χ4n) is 1.44. The van der Waals surface area contributed by atoms with Gasteiger partial charge < -0.3 is 10.8 Å². The molecule has 4 nitrogen and oxygen atoms in total. The Kier molecular flexibility index (Phi) is 3.66. The number of hydrogen-bond donors (Lipinski definition) is 2. The molecule has 1 heterocycles. The molecule has 80 valence electrons. The molecule has 0 saturated carbocycles. The Bertz CT molecular complexity index is 307. The predicted molar refractivity (Wildman–Crippen MR) is 56.1 cm³/mol. The molecule has 1 aromatic heterocycles. The number of nitrogens with zero attached hydrogens (tertiary/aromatic N) is 2. The maximum Gasteiger partial charge on any atom is 0.0625 e. The summed E-state index contributed by atoms with van der Waals surface area (Å²) in [4.78, 5) is 0. The van der Waals surface area contributed by atoms with Crippen LogP contribution in [-0.2, 0) is 6.54 Å². The van der Waals surface area contributed by atoms with Crippen LogP contribution in [0.1, 0.15) is 23.4 Å². The van der Waals surface area contributed by atoms with E-state index in [1.165, 1.54) is 5.56 Å². The fraction of sp³-hybridized carbons (Fsp3) is 0.700. The normalized spacial score (nSPS) is 13.2. The summed E-state index contributed by atoms with van der Waals surface area (Å²) in [6.45, 7) is 6.92. The molecule has 0 bridgehead atoms. The second kappa shape index (κ2) is 4.57. The van der Waals surface area contributed by atoms with Crippen LogP contribution in [-0.4, -0.2) is 27.5 Å². The minimum Gasteiger partial charge on any atom is -0.396 e. The van der Waals surface area contributed by atoms with E-state index in [4.69, 9.17) is 10.8 Å². The molecule has 1 aromatic rings. The molecular formula is C10H19N3O. The van der Waals surface area contributed by atoms with E-state index in [1.807, 2.05) is 18.5 Å². The highest BCUT2D eigenvalue weighted by Gasteiger charge is 2.09. The van der Waals surface area contributed by atoms with Gasteiger partial charge in [0.05, 0.1) is 12.2 Å². The quantitative estimate of drug-likeness (QED) is 0.739. The van der Waals surface area contributed by atoms with Gasteiger partial charge in [-0.25, -0.2) is 0 Å². The van der Waals surface area contributed by atoms with E-state index >= 15 is 0 Å². The van der Waals surface area contributed by atoms with Crippen molar-refractivity contribution in [2.75, 3.05) is 6.61 Å². The third kappa shape index (κ3) is 2.33. The van der Waals surface area contributed by atoms with Crippen LogP contribution in [0.4, 0.5) is 0 Å². The van der Waals surface area contributed by atoms with E-state index in [-0.39, 0.29) is 12.6 Å². The molecule has 1 rings (SSSR count). The van der Waals surface area contributed by atoms with Crippen LogP contribution < -0.4 is 5.73 Å². The number of aliphatic hydroxyl groups is 1. The first-order chi connectivity index (χ1) is 6.56. The number of aliphatic hydroxyl groups excluding tert-OH is 1. The van der Waals surface area contributed by atoms with Crippen LogP contribution in [0.15, 0.2) is 0 Å². The summed E-state index contributed by atoms with van der Waals surface area (Å²) in [5.41, 5.74) is 9.26. The first-order valence-electron chi connectivity index (χ1n) is 4.93. The lowest BCUT2D eigenvalue weighted by atomic mass is 10.2. The van der Waals surface area contributed by atoms with Gasteiger partial charge in [0.15, 0.2) is 0 Å². The zero-order valence-corrected chi connectivity index (χ0v) is 9.12. The minimum atomic E-state index is -0.0163. The molecule has 0 amide bonds. The largest absolute Gasteiger partial charge is 0.396 e. The highest BCUT2D eigenvalue weighted by Crippen LogP contribution is 2.11. The predicted octanol–water partition coefficient (Wildman–Crippen LogP) is 0.518. The second-order valence-electron chi connectivity index (χ2n) is 3.75. The number of nitrogens with two attached hydrogens (primary N) is 1. The lowest BCUT2D eigenvalue weighted by molar-refractivity contribution is 0.268. The lowest BCUT2D eigenvalue weighted by Crippen LogP contribution is -2.28. The van der Waals surface area contributed by atoms with Crippen molar-refractivity contribution in [3.05, 3.63) is 17.0 Å². The summed E-state index contributed by atoms with van der Waals surface area (Å²) < 4.78 is 1.92. The molecular weight excluding hydrogens is 178 g/mol. The third-order valence-electron chi connectivity index (χ3n) is 2.65. The van der Waals surface area contributed by atoms with Crippen LogP contribution >= 0.6 is 0 Å². The molecule has 1 atom stereocenters. The first kappa shape index (κ1) is 11.2. The molecule has 0 spiro atoms. The highest BCUT2D eigenvalue weighted by atomic mass is 16.3. The first-order valence-corrected chi connectivity index (χ1v) is 4.93. The Balaban J connectivity index is 2.72. The molecule has 0 aliphatic carbocycles. The maximum absolute atomic E-state index is 8.73. The van der Waals surface area contributed by atoms with Gasteiger partial charge in [0.2, 0.25) is 0 Å². The van der Waals surface area contributed by atoms with Crippen molar-refractivity contribution >= 4 is 0 Å². The molecule has 14 heavy (non-hydrogen) atoms. The monoisotopic (exact) mass is 197 g/mol. The minimum absolute atomic E-state index is 0.0163. The Morgan fingerprint density at radius 2 is 2.07 bits per heavy atom. The Morgan fingerprint density at radius 1 is 1.43 bits per heavy atom. The number of aromatic nitrogens is 2. The van der Waals surface area contributed by atoms with Crippen LogP contribution in [0.2, 0.25) is 0 Å². The SMILES string of the molecule is Cc1nn(CC(N)CCO)c(C)c1C. The van der Waals surface area contributed by atoms with Gasteiger partial charge in [0, 0.05) is 18.3 Å². The van der Waals surface area contributed by atoms with Gasteiger partial charge in [-0.05, 0) is 32.8 Å². The summed E-state index contributed by atoms with van der Waals surface area (Å²) >= 11 is 0. The van der Waals surface area contributed by atoms with E-state index in [0.717, 1.165) is 11.4 Å². The Labute approximate surface area is 84.7 Å². The zero-order valence-electron chi connectivity index (χ0n) is 9.12. The molecule has 0 aromatic carbocycles. The topological polar surface area (TPSA) is 64.1 Å². The summed E-state index contributed by atoms with van der Waals surface area (Å²) in [5, 5.41) is 13.1. The molecule has 0 aliphatic heterocycles. The summed E-state index contributed by atoms with van der Waals surface area (Å²) in [6.07, 6.45) is 0.622. The standard InChI is InChI=1S/C10H19N3O/c1-7-8(2)12-13(9(7)3)6-10(11)4-5-14/h10,14H,4-6,11H2,1-3H3. The average molecular weight is 197 g/mol. The third-order valence-corrected chi connectivity index (χ3v) is 2.65. The van der Waals surface area contributed by atoms with Gasteiger partial charge in [0.25, 0.3) is 0 Å². The van der Waals surface area contributed by atoms with Crippen LogP contribution in [0, 0.1) is 20.8 Å². The van der Waals surface area contributed by atoms with Gasteiger partial charge in [-0.3, -0.25) is 4.68 Å². The molecule has 0 radical (unpaired) electrons. The number of aryl methyl sites for hydroxylation is 1. The Morgan fingerprint density at radius 3 is 2.50 bits per heavy atom. The van der Waals surface area contributed by atoms with Crippen molar-refractivity contribution in [2.45, 2.75) is 39.8 Å². The van der Waals surface area contributed by atoms with Crippen LogP contribution in [0.3, 0.4) is 0 Å². The molecule has 0 fully saturated rings. The van der Waals surface area contributed by atoms with Gasteiger partial charge in [-0.2, -0.15) is 5.10 Å². The lowest BCUT2D eigenvalue weighted by Gasteiger charge is -2.11. The van der Waals surface area contributed by atoms with Crippen LogP contribution in [0.25, 0.3) is 0 Å². The zero-order chi connectivity index (χ0) is 10.7. The molecule has 0 saturated heterocycles. The van der Waals surface area contributed by atoms with E-state index < -0.39 is 0 Å². The highest BCUT2D eigenvalue weighted by molar-refractivity contribution is 5.22. The van der Waals surface area contributed by atoms with E-state index in [2.05, 4.69) is 12.0 Å². The fourth-order valence-corrected chi connectivity index (χ4v) is 1.44. The van der Waals surface area contributed by atoms with Crippen molar-refractivity contribution in [2.24, 2.45) is 5.73 Å². The average Bonchev–Trinajstić information content (AvgIpc) is 2.34. The summed E-state index contributed by atoms with van der Waals surface area (Å²) in [5.74, 6) is 0. The molecule has 1 unspecified atom stereocenters. The van der Waals surface area contributed by atoms with E-state index in [0.29, 0.717) is 13.0 Å². The van der Waals surface area contributed by atoms with Gasteiger partial charge >= 0.3 is 0 Å². The summed E-state index contributed by atoms with van der Waals surface area (Å²) in [6, 6.07) is -0.0163. The smallest absolute Gasteiger partial charge is 0.0625 e. The van der Waals surface area contributed by atoms with Crippen molar-refractivity contribution in [3.63, 3.8) is 0 Å². The van der Waals surface area contributed by atoms with E-state index in [9.17, 15) is 0 Å². The van der Waals surface area contributed by atoms with Crippen LogP contribution in [0.5, 0.6) is 0 Å². The van der Waals surface area contributed by atoms with Crippen molar-refractivity contribution in [1.82, 2.24) is 9.78 Å². The number of hydrogen-bond acceptors (Lipinski definition) is 3. The molecule has 4 heteroatoms. The van der Waals surface area contributed by atoms with Crippen molar-refractivity contribution in [3.8, 4) is 0 Å².